The van der Waals surface area contributed by atoms with Gasteiger partial charge in [-0.05, 0) is 25.1 Å². The first-order chi connectivity index (χ1) is 10.0. The Morgan fingerprint density at radius 1 is 1.48 bits per heavy atom. The lowest BCUT2D eigenvalue weighted by Gasteiger charge is -2.17. The Morgan fingerprint density at radius 2 is 2.24 bits per heavy atom. The third-order valence-corrected chi connectivity index (χ3v) is 3.04. The number of carbonyl (C=O) groups is 3. The van der Waals surface area contributed by atoms with E-state index in [9.17, 15) is 18.8 Å². The summed E-state index contributed by atoms with van der Waals surface area (Å²) in [5, 5.41) is 2.44. The molecule has 6 nitrogen and oxygen atoms in total. The Morgan fingerprint density at radius 3 is 2.90 bits per heavy atom. The van der Waals surface area contributed by atoms with Crippen molar-refractivity contribution >= 4 is 23.5 Å². The molecule has 1 aromatic carbocycles. The maximum atomic E-state index is 13.2. The smallest absolute Gasteiger partial charge is 0.396 e. The Bertz CT molecular complexity index is 576. The average Bonchev–Trinajstić information content (AvgIpc) is 2.79. The third-order valence-electron chi connectivity index (χ3n) is 3.04. The van der Waals surface area contributed by atoms with Gasteiger partial charge in [0.2, 0.25) is 5.91 Å². The summed E-state index contributed by atoms with van der Waals surface area (Å²) < 4.78 is 17.7. The van der Waals surface area contributed by atoms with Crippen LogP contribution in [-0.4, -0.2) is 37.0 Å². The zero-order valence-electron chi connectivity index (χ0n) is 11.5. The number of hydrogen-bond acceptors (Lipinski definition) is 4. The molecule has 1 aromatic rings. The van der Waals surface area contributed by atoms with Crippen LogP contribution in [0.25, 0.3) is 0 Å². The van der Waals surface area contributed by atoms with Gasteiger partial charge in [0.15, 0.2) is 0 Å². The highest BCUT2D eigenvalue weighted by Crippen LogP contribution is 2.22. The van der Waals surface area contributed by atoms with E-state index < -0.39 is 23.7 Å². The third kappa shape index (κ3) is 3.56. The van der Waals surface area contributed by atoms with E-state index >= 15 is 0 Å². The van der Waals surface area contributed by atoms with Crippen LogP contribution in [0.2, 0.25) is 0 Å². The van der Waals surface area contributed by atoms with Crippen LogP contribution in [0, 0.1) is 5.82 Å². The lowest BCUT2D eigenvalue weighted by Crippen LogP contribution is -2.41. The number of esters is 1. The number of benzene rings is 1. The lowest BCUT2D eigenvalue weighted by atomic mass is 10.2. The number of amides is 2. The van der Waals surface area contributed by atoms with Crippen molar-refractivity contribution in [3.8, 4) is 0 Å². The molecule has 0 aromatic heterocycles. The maximum Gasteiger partial charge on any atom is 0.396 e. The van der Waals surface area contributed by atoms with Crippen molar-refractivity contribution in [2.45, 2.75) is 19.4 Å². The molecule has 1 heterocycles. The van der Waals surface area contributed by atoms with Crippen LogP contribution in [0.4, 0.5) is 10.1 Å². The van der Waals surface area contributed by atoms with Gasteiger partial charge in [-0.15, -0.1) is 0 Å². The minimum absolute atomic E-state index is 0.0572. The summed E-state index contributed by atoms with van der Waals surface area (Å²) in [5.74, 6) is -2.54. The van der Waals surface area contributed by atoms with Crippen LogP contribution < -0.4 is 10.2 Å². The van der Waals surface area contributed by atoms with Gasteiger partial charge in [-0.25, -0.2) is 9.18 Å². The van der Waals surface area contributed by atoms with Gasteiger partial charge in [0.25, 0.3) is 0 Å². The summed E-state index contributed by atoms with van der Waals surface area (Å²) in [5.41, 5.74) is 0.424. The van der Waals surface area contributed by atoms with E-state index in [1.54, 1.807) is 13.0 Å². The zero-order chi connectivity index (χ0) is 15.4. The molecule has 2 rings (SSSR count). The fourth-order valence-electron chi connectivity index (χ4n) is 2.14. The first-order valence-electron chi connectivity index (χ1n) is 6.54. The van der Waals surface area contributed by atoms with Crippen LogP contribution in [0.3, 0.4) is 0 Å². The predicted octanol–water partition coefficient (Wildman–Crippen LogP) is 0.610. The molecule has 1 fully saturated rings. The van der Waals surface area contributed by atoms with Gasteiger partial charge in [0.05, 0.1) is 12.6 Å². The van der Waals surface area contributed by atoms with Crippen molar-refractivity contribution in [3.63, 3.8) is 0 Å². The van der Waals surface area contributed by atoms with Gasteiger partial charge >= 0.3 is 11.9 Å². The normalized spacial score (nSPS) is 17.7. The summed E-state index contributed by atoms with van der Waals surface area (Å²) in [6, 6.07) is 5.13. The SMILES string of the molecule is CCOC(=O)C(=O)N[C@H]1CC(=O)N(c2cccc(F)c2)C1. The molecule has 1 N–H and O–H groups in total. The second-order valence-electron chi connectivity index (χ2n) is 4.58. The molecular weight excluding hydrogens is 279 g/mol. The van der Waals surface area contributed by atoms with E-state index in [2.05, 4.69) is 10.1 Å². The highest BCUT2D eigenvalue weighted by molar-refractivity contribution is 6.32. The van der Waals surface area contributed by atoms with Gasteiger partial charge in [0.1, 0.15) is 5.82 Å². The monoisotopic (exact) mass is 294 g/mol. The topological polar surface area (TPSA) is 75.7 Å². The summed E-state index contributed by atoms with van der Waals surface area (Å²) in [6.07, 6.45) is 0.0572. The molecule has 1 atom stereocenters. The lowest BCUT2D eigenvalue weighted by molar-refractivity contribution is -0.154. The number of halogens is 1. The van der Waals surface area contributed by atoms with Crippen molar-refractivity contribution in [1.29, 1.82) is 0 Å². The van der Waals surface area contributed by atoms with Gasteiger partial charge < -0.3 is 15.0 Å². The first-order valence-corrected chi connectivity index (χ1v) is 6.54. The zero-order valence-corrected chi connectivity index (χ0v) is 11.5. The summed E-state index contributed by atoms with van der Waals surface area (Å²) in [4.78, 5) is 36.0. The quantitative estimate of drug-likeness (QED) is 0.654. The van der Waals surface area contributed by atoms with Gasteiger partial charge in [0, 0.05) is 18.7 Å². The molecule has 0 aliphatic carbocycles. The Kier molecular flexibility index (Phi) is 4.52. The molecule has 1 aliphatic rings. The Labute approximate surface area is 120 Å². The molecule has 112 valence electrons. The van der Waals surface area contributed by atoms with E-state index in [-0.39, 0.29) is 25.5 Å². The Hall–Kier alpha value is -2.44. The van der Waals surface area contributed by atoms with Crippen LogP contribution in [0.5, 0.6) is 0 Å². The Balaban J connectivity index is 2.00. The molecule has 0 spiro atoms. The van der Waals surface area contributed by atoms with Crippen LogP contribution in [-0.2, 0) is 19.1 Å². The number of carbonyl (C=O) groups excluding carboxylic acids is 3. The van der Waals surface area contributed by atoms with Crippen molar-refractivity contribution in [3.05, 3.63) is 30.1 Å². The van der Waals surface area contributed by atoms with E-state index in [4.69, 9.17) is 0 Å². The molecule has 1 saturated heterocycles. The first kappa shape index (κ1) is 15.0. The van der Waals surface area contributed by atoms with Gasteiger partial charge in [-0.1, -0.05) is 6.07 Å². The number of hydrogen-bond donors (Lipinski definition) is 1. The highest BCUT2D eigenvalue weighted by atomic mass is 19.1. The second kappa shape index (κ2) is 6.34. The molecule has 2 amide bonds. The number of ether oxygens (including phenoxy) is 1. The van der Waals surface area contributed by atoms with E-state index in [1.807, 2.05) is 0 Å². The molecule has 0 saturated carbocycles. The van der Waals surface area contributed by atoms with Crippen molar-refractivity contribution in [1.82, 2.24) is 5.32 Å². The molecule has 0 bridgehead atoms. The van der Waals surface area contributed by atoms with Crippen LogP contribution in [0.1, 0.15) is 13.3 Å². The average molecular weight is 294 g/mol. The highest BCUT2D eigenvalue weighted by Gasteiger charge is 2.33. The maximum absolute atomic E-state index is 13.2. The van der Waals surface area contributed by atoms with Gasteiger partial charge in [-0.2, -0.15) is 0 Å². The summed E-state index contributed by atoms with van der Waals surface area (Å²) in [6.45, 7) is 1.88. The second-order valence-corrected chi connectivity index (χ2v) is 4.58. The number of rotatable bonds is 3. The molecular formula is C14H15FN2O4. The van der Waals surface area contributed by atoms with Crippen LogP contribution in [0.15, 0.2) is 24.3 Å². The molecule has 7 heteroatoms. The fourth-order valence-corrected chi connectivity index (χ4v) is 2.14. The summed E-state index contributed by atoms with van der Waals surface area (Å²) >= 11 is 0. The minimum atomic E-state index is -0.978. The number of anilines is 1. The van der Waals surface area contributed by atoms with E-state index in [1.165, 1.54) is 23.1 Å². The number of nitrogens with one attached hydrogen (secondary N) is 1. The van der Waals surface area contributed by atoms with Crippen molar-refractivity contribution in [2.24, 2.45) is 0 Å². The van der Waals surface area contributed by atoms with Crippen molar-refractivity contribution < 1.29 is 23.5 Å². The van der Waals surface area contributed by atoms with E-state index in [0.29, 0.717) is 5.69 Å². The van der Waals surface area contributed by atoms with Crippen LogP contribution >= 0.6 is 0 Å². The van der Waals surface area contributed by atoms with Crippen molar-refractivity contribution in [2.75, 3.05) is 18.1 Å². The molecule has 0 radical (unpaired) electrons. The minimum Gasteiger partial charge on any atom is -0.459 e. The summed E-state index contributed by atoms with van der Waals surface area (Å²) in [7, 11) is 0. The standard InChI is InChI=1S/C14H15FN2O4/c1-2-21-14(20)13(19)16-10-7-12(18)17(8-10)11-5-3-4-9(15)6-11/h3-6,10H,2,7-8H2,1H3,(H,16,19)/t10-/m0/s1. The molecule has 21 heavy (non-hydrogen) atoms. The fraction of sp³-hybridized carbons (Fsp3) is 0.357. The predicted molar refractivity (Wildman–Crippen MR) is 71.9 cm³/mol. The number of nitrogens with zero attached hydrogens (tertiary/aromatic N) is 1. The molecule has 1 aliphatic heterocycles. The van der Waals surface area contributed by atoms with Gasteiger partial charge in [-0.3, -0.25) is 9.59 Å². The molecule has 0 unspecified atom stereocenters. The van der Waals surface area contributed by atoms with E-state index in [0.717, 1.165) is 0 Å². The largest absolute Gasteiger partial charge is 0.459 e.